The van der Waals surface area contributed by atoms with E-state index in [-0.39, 0.29) is 5.91 Å². The molecule has 0 aliphatic rings. The van der Waals surface area contributed by atoms with Crippen molar-refractivity contribution in [3.05, 3.63) is 59.9 Å². The van der Waals surface area contributed by atoms with Crippen LogP contribution in [0.3, 0.4) is 0 Å². The third-order valence-electron chi connectivity index (χ3n) is 2.51. The van der Waals surface area contributed by atoms with Gasteiger partial charge in [0.2, 0.25) is 5.91 Å². The molecule has 3 nitrogen and oxygen atoms in total. The monoisotopic (exact) mass is 226 g/mol. The molecule has 2 aromatic rings. The Morgan fingerprint density at radius 1 is 1.24 bits per heavy atom. The van der Waals surface area contributed by atoms with E-state index in [4.69, 9.17) is 0 Å². The van der Waals surface area contributed by atoms with Crippen molar-refractivity contribution in [1.82, 2.24) is 4.98 Å². The maximum absolute atomic E-state index is 11.8. The fourth-order valence-corrected chi connectivity index (χ4v) is 1.60. The first-order valence-corrected chi connectivity index (χ1v) is 5.50. The Morgan fingerprint density at radius 2 is 2.06 bits per heavy atom. The zero-order valence-corrected chi connectivity index (χ0v) is 9.68. The Labute approximate surface area is 101 Å². The van der Waals surface area contributed by atoms with E-state index in [9.17, 15) is 4.79 Å². The summed E-state index contributed by atoms with van der Waals surface area (Å²) >= 11 is 0. The van der Waals surface area contributed by atoms with Gasteiger partial charge in [0.25, 0.3) is 0 Å². The number of hydrogen-bond donors (Lipinski definition) is 1. The predicted molar refractivity (Wildman–Crippen MR) is 67.7 cm³/mol. The molecule has 0 saturated heterocycles. The van der Waals surface area contributed by atoms with Crippen molar-refractivity contribution < 1.29 is 4.79 Å². The SMILES string of the molecule is Cc1ccccc1NC(=O)Cc1cccnc1. The molecule has 0 aliphatic carbocycles. The molecule has 2 rings (SSSR count). The maximum Gasteiger partial charge on any atom is 0.228 e. The normalized spacial score (nSPS) is 9.94. The van der Waals surface area contributed by atoms with Crippen molar-refractivity contribution in [1.29, 1.82) is 0 Å². The standard InChI is InChI=1S/C14H14N2O/c1-11-5-2-3-7-13(11)16-14(17)9-12-6-4-8-15-10-12/h2-8,10H,9H2,1H3,(H,16,17). The van der Waals surface area contributed by atoms with E-state index >= 15 is 0 Å². The largest absolute Gasteiger partial charge is 0.326 e. The Balaban J connectivity index is 2.01. The number of aryl methyl sites for hydroxylation is 1. The van der Waals surface area contributed by atoms with Crippen LogP contribution in [0, 0.1) is 6.92 Å². The van der Waals surface area contributed by atoms with Gasteiger partial charge in [0, 0.05) is 18.1 Å². The second-order valence-corrected chi connectivity index (χ2v) is 3.90. The van der Waals surface area contributed by atoms with Crippen molar-refractivity contribution in [3.63, 3.8) is 0 Å². The van der Waals surface area contributed by atoms with Crippen LogP contribution >= 0.6 is 0 Å². The molecule has 86 valence electrons. The summed E-state index contributed by atoms with van der Waals surface area (Å²) in [5, 5.41) is 2.89. The number of amides is 1. The summed E-state index contributed by atoms with van der Waals surface area (Å²) < 4.78 is 0. The fraction of sp³-hybridized carbons (Fsp3) is 0.143. The van der Waals surface area contributed by atoms with Gasteiger partial charge in [-0.05, 0) is 30.2 Å². The topological polar surface area (TPSA) is 42.0 Å². The van der Waals surface area contributed by atoms with Crippen LogP contribution in [0.15, 0.2) is 48.8 Å². The van der Waals surface area contributed by atoms with Gasteiger partial charge in [-0.15, -0.1) is 0 Å². The van der Waals surface area contributed by atoms with E-state index in [0.717, 1.165) is 16.8 Å². The summed E-state index contributed by atoms with van der Waals surface area (Å²) in [4.78, 5) is 15.8. The molecule has 1 aromatic carbocycles. The number of aromatic nitrogens is 1. The highest BCUT2D eigenvalue weighted by Crippen LogP contribution is 2.13. The maximum atomic E-state index is 11.8. The number of nitrogens with one attached hydrogen (secondary N) is 1. The minimum atomic E-state index is -0.0210. The summed E-state index contributed by atoms with van der Waals surface area (Å²) in [5.41, 5.74) is 2.84. The third-order valence-corrected chi connectivity index (χ3v) is 2.51. The number of carbonyl (C=O) groups excluding carboxylic acids is 1. The summed E-state index contributed by atoms with van der Waals surface area (Å²) in [7, 11) is 0. The van der Waals surface area contributed by atoms with Crippen LogP contribution in [0.1, 0.15) is 11.1 Å². The number of rotatable bonds is 3. The van der Waals surface area contributed by atoms with Gasteiger partial charge in [-0.2, -0.15) is 0 Å². The van der Waals surface area contributed by atoms with Crippen molar-refractivity contribution in [2.75, 3.05) is 5.32 Å². The fourth-order valence-electron chi connectivity index (χ4n) is 1.60. The van der Waals surface area contributed by atoms with E-state index in [1.165, 1.54) is 0 Å². The minimum absolute atomic E-state index is 0.0210. The lowest BCUT2D eigenvalue weighted by molar-refractivity contribution is -0.115. The van der Waals surface area contributed by atoms with E-state index in [1.54, 1.807) is 12.4 Å². The smallest absolute Gasteiger partial charge is 0.228 e. The number of nitrogens with zero attached hydrogens (tertiary/aromatic N) is 1. The van der Waals surface area contributed by atoms with Crippen LogP contribution in [0.25, 0.3) is 0 Å². The molecule has 0 aliphatic heterocycles. The highest BCUT2D eigenvalue weighted by atomic mass is 16.1. The molecule has 0 radical (unpaired) electrons. The molecular weight excluding hydrogens is 212 g/mol. The zero-order valence-electron chi connectivity index (χ0n) is 9.68. The molecule has 1 amide bonds. The number of para-hydroxylation sites is 1. The lowest BCUT2D eigenvalue weighted by Gasteiger charge is -2.07. The molecule has 1 heterocycles. The molecule has 1 aromatic heterocycles. The van der Waals surface area contributed by atoms with Crippen molar-refractivity contribution >= 4 is 11.6 Å². The van der Waals surface area contributed by atoms with Gasteiger partial charge in [0.1, 0.15) is 0 Å². The van der Waals surface area contributed by atoms with E-state index in [2.05, 4.69) is 10.3 Å². The van der Waals surface area contributed by atoms with Crippen molar-refractivity contribution in [2.24, 2.45) is 0 Å². The first-order chi connectivity index (χ1) is 8.25. The third kappa shape index (κ3) is 3.14. The highest BCUT2D eigenvalue weighted by Gasteiger charge is 2.05. The van der Waals surface area contributed by atoms with E-state index in [1.807, 2.05) is 43.3 Å². The van der Waals surface area contributed by atoms with Crippen molar-refractivity contribution in [3.8, 4) is 0 Å². The second-order valence-electron chi connectivity index (χ2n) is 3.90. The van der Waals surface area contributed by atoms with Gasteiger partial charge in [-0.3, -0.25) is 9.78 Å². The molecular formula is C14H14N2O. The van der Waals surface area contributed by atoms with Crippen LogP contribution in [0.4, 0.5) is 5.69 Å². The van der Waals surface area contributed by atoms with Crippen LogP contribution < -0.4 is 5.32 Å². The van der Waals surface area contributed by atoms with Crippen LogP contribution in [-0.2, 0) is 11.2 Å². The lowest BCUT2D eigenvalue weighted by atomic mass is 10.1. The summed E-state index contributed by atoms with van der Waals surface area (Å²) in [6.07, 6.45) is 3.75. The van der Waals surface area contributed by atoms with E-state index < -0.39 is 0 Å². The average Bonchev–Trinajstić information content (AvgIpc) is 2.33. The zero-order chi connectivity index (χ0) is 12.1. The van der Waals surface area contributed by atoms with Gasteiger partial charge in [-0.1, -0.05) is 24.3 Å². The minimum Gasteiger partial charge on any atom is -0.326 e. The molecule has 3 heteroatoms. The molecule has 0 unspecified atom stereocenters. The van der Waals surface area contributed by atoms with Gasteiger partial charge >= 0.3 is 0 Å². The number of hydrogen-bond acceptors (Lipinski definition) is 2. The number of carbonyl (C=O) groups is 1. The molecule has 0 saturated carbocycles. The first kappa shape index (κ1) is 11.3. The number of pyridine rings is 1. The summed E-state index contributed by atoms with van der Waals surface area (Å²) in [6, 6.07) is 11.5. The van der Waals surface area contributed by atoms with E-state index in [0.29, 0.717) is 6.42 Å². The van der Waals surface area contributed by atoms with Crippen LogP contribution in [0.5, 0.6) is 0 Å². The molecule has 0 atom stereocenters. The first-order valence-electron chi connectivity index (χ1n) is 5.50. The van der Waals surface area contributed by atoms with Crippen LogP contribution in [0.2, 0.25) is 0 Å². The Hall–Kier alpha value is -2.16. The predicted octanol–water partition coefficient (Wildman–Crippen LogP) is 2.57. The lowest BCUT2D eigenvalue weighted by Crippen LogP contribution is -2.15. The quantitative estimate of drug-likeness (QED) is 0.874. The van der Waals surface area contributed by atoms with Gasteiger partial charge in [0.05, 0.1) is 6.42 Å². The number of benzene rings is 1. The summed E-state index contributed by atoms with van der Waals surface area (Å²) in [6.45, 7) is 1.97. The second kappa shape index (κ2) is 5.25. The molecule has 0 bridgehead atoms. The number of anilines is 1. The van der Waals surface area contributed by atoms with Gasteiger partial charge < -0.3 is 5.32 Å². The Bertz CT molecular complexity index is 509. The van der Waals surface area contributed by atoms with Crippen LogP contribution in [-0.4, -0.2) is 10.9 Å². The Kier molecular flexibility index (Phi) is 3.50. The molecule has 0 fully saturated rings. The highest BCUT2D eigenvalue weighted by molar-refractivity contribution is 5.92. The Morgan fingerprint density at radius 3 is 2.76 bits per heavy atom. The van der Waals surface area contributed by atoms with Gasteiger partial charge in [0.15, 0.2) is 0 Å². The average molecular weight is 226 g/mol. The van der Waals surface area contributed by atoms with Crippen molar-refractivity contribution in [2.45, 2.75) is 13.3 Å². The molecule has 17 heavy (non-hydrogen) atoms. The molecule has 0 spiro atoms. The summed E-state index contributed by atoms with van der Waals surface area (Å²) in [5.74, 6) is -0.0210. The van der Waals surface area contributed by atoms with Gasteiger partial charge in [-0.25, -0.2) is 0 Å². The molecule has 1 N–H and O–H groups in total.